The van der Waals surface area contributed by atoms with Crippen LogP contribution in [0.3, 0.4) is 0 Å². The first-order chi connectivity index (χ1) is 8.79. The number of rotatable bonds is 2. The molecule has 3 heterocycles. The van der Waals surface area contributed by atoms with Gasteiger partial charge in [0.05, 0.1) is 6.20 Å². The minimum absolute atomic E-state index is 0.0549. The third-order valence-corrected chi connectivity index (χ3v) is 4.25. The van der Waals surface area contributed by atoms with Crippen LogP contribution in [0.15, 0.2) is 11.7 Å². The number of carbonyl (C=O) groups is 1. The highest BCUT2D eigenvalue weighted by molar-refractivity contribution is 7.14. The van der Waals surface area contributed by atoms with E-state index in [1.165, 1.54) is 17.8 Å². The van der Waals surface area contributed by atoms with E-state index < -0.39 is 0 Å². The van der Waals surface area contributed by atoms with Crippen LogP contribution in [0.4, 0.5) is 0 Å². The molecule has 1 saturated heterocycles. The van der Waals surface area contributed by atoms with Gasteiger partial charge in [-0.1, -0.05) is 18.3 Å². The van der Waals surface area contributed by atoms with Crippen molar-refractivity contribution < 1.29 is 4.79 Å². The Morgan fingerprint density at radius 1 is 1.56 bits per heavy atom. The molecule has 96 valence electrons. The molecule has 0 spiro atoms. The van der Waals surface area contributed by atoms with Crippen LogP contribution in [0.2, 0.25) is 0 Å². The molecule has 1 atom stereocenters. The van der Waals surface area contributed by atoms with Gasteiger partial charge in [0, 0.05) is 12.6 Å². The Kier molecular flexibility index (Phi) is 3.03. The van der Waals surface area contributed by atoms with Gasteiger partial charge >= 0.3 is 0 Å². The fraction of sp³-hybridized carbons (Fsp3) is 0.583. The molecule has 2 aromatic rings. The predicted molar refractivity (Wildman–Crippen MR) is 69.8 cm³/mol. The van der Waals surface area contributed by atoms with Gasteiger partial charge in [0.25, 0.3) is 5.91 Å². The topological polar surface area (TPSA) is 50.5 Å². The molecule has 1 amide bonds. The summed E-state index contributed by atoms with van der Waals surface area (Å²) < 4.78 is 1.67. The number of hydrogen-bond donors (Lipinski definition) is 0. The SMILES string of the molecule is CCC1CCCCN1C(=O)c1cn2ncsc2n1. The summed E-state index contributed by atoms with van der Waals surface area (Å²) in [6.07, 6.45) is 6.19. The van der Waals surface area contributed by atoms with Gasteiger partial charge in [-0.15, -0.1) is 0 Å². The molecule has 0 bridgehead atoms. The molecule has 18 heavy (non-hydrogen) atoms. The van der Waals surface area contributed by atoms with E-state index in [9.17, 15) is 4.79 Å². The summed E-state index contributed by atoms with van der Waals surface area (Å²) in [6.45, 7) is 3.00. The first kappa shape index (κ1) is 11.6. The van der Waals surface area contributed by atoms with Crippen LogP contribution in [0, 0.1) is 0 Å². The van der Waals surface area contributed by atoms with Crippen molar-refractivity contribution in [3.63, 3.8) is 0 Å². The summed E-state index contributed by atoms with van der Waals surface area (Å²) in [5.74, 6) is 0.0549. The van der Waals surface area contributed by atoms with E-state index in [-0.39, 0.29) is 5.91 Å². The van der Waals surface area contributed by atoms with Crippen molar-refractivity contribution in [1.29, 1.82) is 0 Å². The molecule has 3 rings (SSSR count). The molecule has 2 aromatic heterocycles. The highest BCUT2D eigenvalue weighted by atomic mass is 32.1. The zero-order valence-electron chi connectivity index (χ0n) is 10.4. The molecular weight excluding hydrogens is 248 g/mol. The monoisotopic (exact) mass is 264 g/mol. The molecule has 0 N–H and O–H groups in total. The van der Waals surface area contributed by atoms with E-state index in [4.69, 9.17) is 0 Å². The molecular formula is C12H16N4OS. The molecule has 1 unspecified atom stereocenters. The third-order valence-electron chi connectivity index (χ3n) is 3.56. The number of fused-ring (bicyclic) bond motifs is 1. The van der Waals surface area contributed by atoms with Gasteiger partial charge in [0.2, 0.25) is 4.96 Å². The van der Waals surface area contributed by atoms with E-state index in [1.807, 2.05) is 4.90 Å². The number of aromatic nitrogens is 3. The van der Waals surface area contributed by atoms with Gasteiger partial charge in [0.15, 0.2) is 0 Å². The first-order valence-corrected chi connectivity index (χ1v) is 7.27. The summed E-state index contributed by atoms with van der Waals surface area (Å²) in [5.41, 5.74) is 2.25. The zero-order chi connectivity index (χ0) is 12.5. The van der Waals surface area contributed by atoms with Crippen LogP contribution < -0.4 is 0 Å². The number of hydrogen-bond acceptors (Lipinski definition) is 4. The van der Waals surface area contributed by atoms with E-state index in [0.29, 0.717) is 11.7 Å². The Hall–Kier alpha value is -1.43. The van der Waals surface area contributed by atoms with Gasteiger partial charge in [-0.05, 0) is 25.7 Å². The van der Waals surface area contributed by atoms with Crippen molar-refractivity contribution in [1.82, 2.24) is 19.5 Å². The van der Waals surface area contributed by atoms with Crippen LogP contribution in [0.25, 0.3) is 4.96 Å². The van der Waals surface area contributed by atoms with Crippen molar-refractivity contribution in [2.75, 3.05) is 6.54 Å². The summed E-state index contributed by atoms with van der Waals surface area (Å²) in [7, 11) is 0. The Bertz CT molecular complexity index is 533. The quantitative estimate of drug-likeness (QED) is 0.835. The molecule has 1 fully saturated rings. The van der Waals surface area contributed by atoms with Gasteiger partial charge in [-0.2, -0.15) is 5.10 Å². The summed E-state index contributed by atoms with van der Waals surface area (Å²) in [4.78, 5) is 19.6. The summed E-state index contributed by atoms with van der Waals surface area (Å²) in [5, 5.41) is 4.11. The van der Waals surface area contributed by atoms with E-state index >= 15 is 0 Å². The Labute approximate surface area is 109 Å². The van der Waals surface area contributed by atoms with Crippen molar-refractivity contribution >= 4 is 22.2 Å². The van der Waals surface area contributed by atoms with Crippen molar-refractivity contribution in [3.05, 3.63) is 17.4 Å². The first-order valence-electron chi connectivity index (χ1n) is 6.39. The number of carbonyl (C=O) groups excluding carboxylic acids is 1. The zero-order valence-corrected chi connectivity index (χ0v) is 11.2. The van der Waals surface area contributed by atoms with Gasteiger partial charge in [0.1, 0.15) is 11.2 Å². The molecule has 6 heteroatoms. The highest BCUT2D eigenvalue weighted by Gasteiger charge is 2.27. The Morgan fingerprint density at radius 3 is 3.22 bits per heavy atom. The molecule has 5 nitrogen and oxygen atoms in total. The molecule has 1 aliphatic heterocycles. The van der Waals surface area contributed by atoms with Gasteiger partial charge < -0.3 is 4.90 Å². The number of imidazole rings is 1. The maximum Gasteiger partial charge on any atom is 0.274 e. The minimum atomic E-state index is 0.0549. The number of amides is 1. The largest absolute Gasteiger partial charge is 0.334 e. The second kappa shape index (κ2) is 4.68. The van der Waals surface area contributed by atoms with Crippen molar-refractivity contribution in [2.45, 2.75) is 38.6 Å². The second-order valence-electron chi connectivity index (χ2n) is 4.65. The summed E-state index contributed by atoms with van der Waals surface area (Å²) in [6, 6.07) is 0.374. The van der Waals surface area contributed by atoms with E-state index in [0.717, 1.165) is 30.8 Å². The highest BCUT2D eigenvalue weighted by Crippen LogP contribution is 2.22. The van der Waals surface area contributed by atoms with Crippen LogP contribution in [0.5, 0.6) is 0 Å². The van der Waals surface area contributed by atoms with Crippen LogP contribution >= 0.6 is 11.3 Å². The molecule has 0 aromatic carbocycles. The number of likely N-dealkylation sites (tertiary alicyclic amines) is 1. The van der Waals surface area contributed by atoms with Crippen LogP contribution in [0.1, 0.15) is 43.1 Å². The molecule has 0 radical (unpaired) electrons. The van der Waals surface area contributed by atoms with Gasteiger partial charge in [-0.25, -0.2) is 9.50 Å². The lowest BCUT2D eigenvalue weighted by molar-refractivity contribution is 0.0602. The minimum Gasteiger partial charge on any atom is -0.334 e. The van der Waals surface area contributed by atoms with E-state index in [1.54, 1.807) is 16.2 Å². The molecule has 1 aliphatic rings. The van der Waals surface area contributed by atoms with E-state index in [2.05, 4.69) is 17.0 Å². The average Bonchev–Trinajstić information content (AvgIpc) is 2.98. The Balaban J connectivity index is 1.86. The van der Waals surface area contributed by atoms with Crippen molar-refractivity contribution in [3.8, 4) is 0 Å². The van der Waals surface area contributed by atoms with Crippen LogP contribution in [-0.2, 0) is 0 Å². The maximum absolute atomic E-state index is 12.5. The lowest BCUT2D eigenvalue weighted by Gasteiger charge is -2.34. The van der Waals surface area contributed by atoms with Crippen LogP contribution in [-0.4, -0.2) is 38.0 Å². The normalized spacial score (nSPS) is 20.5. The average molecular weight is 264 g/mol. The standard InChI is InChI=1S/C12H16N4OS/c1-2-9-5-3-4-6-15(9)11(17)10-7-16-12(14-10)18-8-13-16/h7-9H,2-6H2,1H3. The van der Waals surface area contributed by atoms with Crippen molar-refractivity contribution in [2.24, 2.45) is 0 Å². The fourth-order valence-electron chi connectivity index (χ4n) is 2.58. The summed E-state index contributed by atoms with van der Waals surface area (Å²) >= 11 is 1.45. The predicted octanol–water partition coefficient (Wildman–Crippen LogP) is 2.20. The molecule has 0 aliphatic carbocycles. The fourth-order valence-corrected chi connectivity index (χ4v) is 3.18. The third kappa shape index (κ3) is 1.90. The maximum atomic E-state index is 12.5. The number of piperidine rings is 1. The number of nitrogens with zero attached hydrogens (tertiary/aromatic N) is 4. The smallest absolute Gasteiger partial charge is 0.274 e. The van der Waals surface area contributed by atoms with Gasteiger partial charge in [-0.3, -0.25) is 4.79 Å². The Morgan fingerprint density at radius 2 is 2.44 bits per heavy atom. The molecule has 0 saturated carbocycles. The lowest BCUT2D eigenvalue weighted by Crippen LogP contribution is -2.43. The second-order valence-corrected chi connectivity index (χ2v) is 5.46. The lowest BCUT2D eigenvalue weighted by atomic mass is 10.00.